The zero-order valence-corrected chi connectivity index (χ0v) is 19.1. The number of nitrogens with zero attached hydrogens (tertiary/aromatic N) is 4. The van der Waals surface area contributed by atoms with Gasteiger partial charge >= 0.3 is 0 Å². The van der Waals surface area contributed by atoms with Crippen LogP contribution in [0.1, 0.15) is 19.7 Å². The van der Waals surface area contributed by atoms with Crippen LogP contribution < -0.4 is 14.8 Å². The maximum absolute atomic E-state index is 12.8. The molecule has 33 heavy (non-hydrogen) atoms. The molecular weight excluding hydrogens is 442 g/mol. The molecule has 0 spiro atoms. The number of rotatable bonds is 7. The molecule has 0 bridgehead atoms. The van der Waals surface area contributed by atoms with Crippen molar-refractivity contribution in [1.82, 2.24) is 19.7 Å². The van der Waals surface area contributed by atoms with Gasteiger partial charge in [0.05, 0.1) is 0 Å². The minimum atomic E-state index is -1.09. The Morgan fingerprint density at radius 1 is 1.03 bits per heavy atom. The summed E-state index contributed by atoms with van der Waals surface area (Å²) in [4.78, 5) is 21.4. The van der Waals surface area contributed by atoms with Crippen molar-refractivity contribution in [3.05, 3.63) is 83.9 Å². The molecule has 0 atom stereocenters. The van der Waals surface area contributed by atoms with Gasteiger partial charge < -0.3 is 14.8 Å². The van der Waals surface area contributed by atoms with E-state index in [0.717, 1.165) is 0 Å². The lowest BCUT2D eigenvalue weighted by Gasteiger charge is -2.25. The zero-order chi connectivity index (χ0) is 23.4. The quantitative estimate of drug-likeness (QED) is 0.404. The van der Waals surface area contributed by atoms with E-state index in [9.17, 15) is 4.79 Å². The molecule has 0 radical (unpaired) electrons. The SMILES string of the molecule is Cc1nc(Oc2ccc(NC(=O)C(C)(C)Oc3ccc(Cl)cc3)cc2)cc(-n2cccn2)n1. The van der Waals surface area contributed by atoms with Crippen LogP contribution in [0.25, 0.3) is 5.82 Å². The number of hydrogen-bond donors (Lipinski definition) is 1. The number of benzene rings is 2. The van der Waals surface area contributed by atoms with Crippen LogP contribution in [0.15, 0.2) is 73.1 Å². The highest BCUT2D eigenvalue weighted by Crippen LogP contribution is 2.25. The second-order valence-corrected chi connectivity index (χ2v) is 8.15. The lowest BCUT2D eigenvalue weighted by molar-refractivity contribution is -0.128. The Balaban J connectivity index is 1.41. The van der Waals surface area contributed by atoms with Gasteiger partial charge in [-0.3, -0.25) is 4.79 Å². The highest BCUT2D eigenvalue weighted by Gasteiger charge is 2.30. The first kappa shape index (κ1) is 22.3. The molecule has 9 heteroatoms. The summed E-state index contributed by atoms with van der Waals surface area (Å²) in [5.74, 6) is 2.38. The van der Waals surface area contributed by atoms with Gasteiger partial charge in [0.1, 0.15) is 17.3 Å². The van der Waals surface area contributed by atoms with E-state index in [4.69, 9.17) is 21.1 Å². The molecule has 0 aliphatic rings. The molecule has 2 aromatic heterocycles. The van der Waals surface area contributed by atoms with Crippen molar-refractivity contribution in [3.8, 4) is 23.2 Å². The first-order chi connectivity index (χ1) is 15.8. The van der Waals surface area contributed by atoms with Crippen molar-refractivity contribution in [3.63, 3.8) is 0 Å². The van der Waals surface area contributed by atoms with Gasteiger partial charge in [-0.15, -0.1) is 0 Å². The largest absolute Gasteiger partial charge is 0.478 e. The number of carbonyl (C=O) groups is 1. The van der Waals surface area contributed by atoms with Gasteiger partial charge in [0.2, 0.25) is 5.88 Å². The third-order valence-corrected chi connectivity index (χ3v) is 4.86. The Bertz CT molecular complexity index is 1240. The molecule has 1 N–H and O–H groups in total. The number of anilines is 1. The van der Waals surface area contributed by atoms with Crippen LogP contribution in [0.2, 0.25) is 5.02 Å². The van der Waals surface area contributed by atoms with E-state index in [0.29, 0.717) is 39.7 Å². The molecule has 8 nitrogen and oxygen atoms in total. The van der Waals surface area contributed by atoms with Gasteiger partial charge in [-0.1, -0.05) is 11.6 Å². The summed E-state index contributed by atoms with van der Waals surface area (Å²) in [7, 11) is 0. The second kappa shape index (κ2) is 9.30. The van der Waals surface area contributed by atoms with E-state index in [2.05, 4.69) is 20.4 Å². The van der Waals surface area contributed by atoms with Crippen molar-refractivity contribution < 1.29 is 14.3 Å². The van der Waals surface area contributed by atoms with Crippen molar-refractivity contribution in [2.75, 3.05) is 5.32 Å². The number of carbonyl (C=O) groups excluding carboxylic acids is 1. The van der Waals surface area contributed by atoms with E-state index in [1.807, 2.05) is 6.07 Å². The van der Waals surface area contributed by atoms with Crippen LogP contribution in [-0.4, -0.2) is 31.3 Å². The van der Waals surface area contributed by atoms with Crippen LogP contribution in [0.5, 0.6) is 17.4 Å². The zero-order valence-electron chi connectivity index (χ0n) is 18.3. The lowest BCUT2D eigenvalue weighted by Crippen LogP contribution is -2.42. The molecule has 4 rings (SSSR count). The fourth-order valence-electron chi connectivity index (χ4n) is 2.95. The van der Waals surface area contributed by atoms with Crippen LogP contribution in [0.3, 0.4) is 0 Å². The standard InChI is InChI=1S/C24H22ClN5O3/c1-16-27-21(30-14-4-13-26-30)15-22(28-16)32-19-11-7-18(8-12-19)29-23(31)24(2,3)33-20-9-5-17(25)6-10-20/h4-15H,1-3H3,(H,29,31). The molecule has 0 unspecified atom stereocenters. The average Bonchev–Trinajstić information content (AvgIpc) is 3.31. The van der Waals surface area contributed by atoms with Crippen molar-refractivity contribution >= 4 is 23.2 Å². The summed E-state index contributed by atoms with van der Waals surface area (Å²) in [5, 5.41) is 7.64. The van der Waals surface area contributed by atoms with Crippen molar-refractivity contribution in [2.45, 2.75) is 26.4 Å². The molecule has 0 aliphatic heterocycles. The monoisotopic (exact) mass is 463 g/mol. The first-order valence-corrected chi connectivity index (χ1v) is 10.6. The van der Waals surface area contributed by atoms with Gasteiger partial charge in [-0.25, -0.2) is 9.67 Å². The van der Waals surface area contributed by atoms with Gasteiger partial charge in [0.25, 0.3) is 5.91 Å². The van der Waals surface area contributed by atoms with E-state index in [1.54, 1.807) is 92.4 Å². The van der Waals surface area contributed by atoms with E-state index >= 15 is 0 Å². The third kappa shape index (κ3) is 5.67. The minimum absolute atomic E-state index is 0.290. The number of hydrogen-bond acceptors (Lipinski definition) is 6. The van der Waals surface area contributed by atoms with Crippen LogP contribution in [0.4, 0.5) is 5.69 Å². The maximum atomic E-state index is 12.8. The van der Waals surface area contributed by atoms with Crippen molar-refractivity contribution in [2.24, 2.45) is 0 Å². The Morgan fingerprint density at radius 3 is 2.39 bits per heavy atom. The highest BCUT2D eigenvalue weighted by atomic mass is 35.5. The average molecular weight is 464 g/mol. The normalized spacial score (nSPS) is 11.2. The fraction of sp³-hybridized carbons (Fsp3) is 0.167. The molecule has 0 saturated heterocycles. The third-order valence-electron chi connectivity index (χ3n) is 4.61. The van der Waals surface area contributed by atoms with E-state index in [-0.39, 0.29) is 5.91 Å². The molecule has 1 amide bonds. The predicted octanol–water partition coefficient (Wildman–Crippen LogP) is 5.21. The van der Waals surface area contributed by atoms with Crippen molar-refractivity contribution in [1.29, 1.82) is 0 Å². The Labute approximate surface area is 196 Å². The summed E-state index contributed by atoms with van der Waals surface area (Å²) in [6.45, 7) is 5.18. The van der Waals surface area contributed by atoms with Gasteiger partial charge in [-0.2, -0.15) is 10.1 Å². The summed E-state index contributed by atoms with van der Waals surface area (Å²) >= 11 is 5.90. The first-order valence-electron chi connectivity index (χ1n) is 10.2. The van der Waals surface area contributed by atoms with Crippen LogP contribution in [-0.2, 0) is 4.79 Å². The number of ether oxygens (including phenoxy) is 2. The Hall–Kier alpha value is -3.91. The number of halogens is 1. The molecular formula is C24H22ClN5O3. The number of aryl methyl sites for hydroxylation is 1. The summed E-state index contributed by atoms with van der Waals surface area (Å²) in [6, 6.07) is 17.3. The molecule has 4 aromatic rings. The van der Waals surface area contributed by atoms with Crippen LogP contribution in [0, 0.1) is 6.92 Å². The van der Waals surface area contributed by atoms with Gasteiger partial charge in [0.15, 0.2) is 11.4 Å². The second-order valence-electron chi connectivity index (χ2n) is 7.71. The molecule has 2 heterocycles. The predicted molar refractivity (Wildman–Crippen MR) is 125 cm³/mol. The fourth-order valence-corrected chi connectivity index (χ4v) is 3.08. The highest BCUT2D eigenvalue weighted by molar-refractivity contribution is 6.30. The summed E-state index contributed by atoms with van der Waals surface area (Å²) in [5.41, 5.74) is -0.485. The molecule has 2 aromatic carbocycles. The maximum Gasteiger partial charge on any atom is 0.267 e. The lowest BCUT2D eigenvalue weighted by atomic mass is 10.1. The topological polar surface area (TPSA) is 91.2 Å². The molecule has 168 valence electrons. The van der Waals surface area contributed by atoms with Gasteiger partial charge in [-0.05, 0) is 75.4 Å². The Kier molecular flexibility index (Phi) is 6.28. The summed E-state index contributed by atoms with van der Waals surface area (Å²) in [6.07, 6.45) is 3.47. The number of nitrogens with one attached hydrogen (secondary N) is 1. The molecule has 0 saturated carbocycles. The molecule has 0 fully saturated rings. The smallest absolute Gasteiger partial charge is 0.267 e. The Morgan fingerprint density at radius 2 is 1.73 bits per heavy atom. The minimum Gasteiger partial charge on any atom is -0.478 e. The van der Waals surface area contributed by atoms with Gasteiger partial charge in [0, 0.05) is 29.2 Å². The van der Waals surface area contributed by atoms with E-state index < -0.39 is 5.60 Å². The van der Waals surface area contributed by atoms with E-state index in [1.165, 1.54) is 0 Å². The summed E-state index contributed by atoms with van der Waals surface area (Å²) < 4.78 is 13.3. The molecule has 0 aliphatic carbocycles. The van der Waals surface area contributed by atoms with Crippen LogP contribution >= 0.6 is 11.6 Å². The number of amides is 1. The number of aromatic nitrogens is 4.